The highest BCUT2D eigenvalue weighted by Gasteiger charge is 2.01. The molecule has 19 heavy (non-hydrogen) atoms. The molecule has 0 aliphatic heterocycles. The molecule has 0 aromatic carbocycles. The van der Waals surface area contributed by atoms with Crippen molar-refractivity contribution in [3.63, 3.8) is 0 Å². The van der Waals surface area contributed by atoms with Crippen LogP contribution in [0.15, 0.2) is 0 Å². The molecule has 0 aliphatic carbocycles. The maximum absolute atomic E-state index is 11.4. The van der Waals surface area contributed by atoms with Gasteiger partial charge in [-0.3, -0.25) is 10.2 Å². The molecule has 0 saturated heterocycles. The van der Waals surface area contributed by atoms with Crippen molar-refractivity contribution in [3.05, 3.63) is 0 Å². The second-order valence-electron chi connectivity index (χ2n) is 5.71. The van der Waals surface area contributed by atoms with Crippen molar-refractivity contribution in [2.75, 3.05) is 14.1 Å². The van der Waals surface area contributed by atoms with Gasteiger partial charge in [-0.25, -0.2) is 5.01 Å². The molecule has 0 atom stereocenters. The lowest BCUT2D eigenvalue weighted by Crippen LogP contribution is -2.35. The van der Waals surface area contributed by atoms with Gasteiger partial charge in [0, 0.05) is 20.5 Å². The number of rotatable bonds is 13. The summed E-state index contributed by atoms with van der Waals surface area (Å²) in [5, 5.41) is 1.71. The fourth-order valence-corrected chi connectivity index (χ4v) is 2.26. The van der Waals surface area contributed by atoms with Crippen LogP contribution in [0.5, 0.6) is 0 Å². The minimum atomic E-state index is 0.140. The van der Waals surface area contributed by atoms with Gasteiger partial charge in [0.2, 0.25) is 5.91 Å². The summed E-state index contributed by atoms with van der Waals surface area (Å²) < 4.78 is 0. The lowest BCUT2D eigenvalue weighted by atomic mass is 10.1. The molecule has 0 radical (unpaired) electrons. The van der Waals surface area contributed by atoms with E-state index in [1.807, 2.05) is 14.1 Å². The number of hydrogen-bond donors (Lipinski definition) is 1. The maximum Gasteiger partial charge on any atom is 0.234 e. The summed E-state index contributed by atoms with van der Waals surface area (Å²) in [6.45, 7) is 2.26. The number of unbranched alkanes of at least 4 members (excludes halogenated alkanes) is 10. The standard InChI is InChI=1S/C16H34N2O/c1-4-5-6-7-8-9-10-11-12-13-14-15-16(19)17-18(2)3/h4-15H2,1-3H3,(H,17,19). The van der Waals surface area contributed by atoms with Crippen LogP contribution in [0.4, 0.5) is 0 Å². The minimum Gasteiger partial charge on any atom is -0.289 e. The number of carbonyl (C=O) groups is 1. The molecule has 0 bridgehead atoms. The van der Waals surface area contributed by atoms with E-state index in [9.17, 15) is 4.79 Å². The zero-order chi connectivity index (χ0) is 14.3. The Kier molecular flexibility index (Phi) is 13.4. The van der Waals surface area contributed by atoms with E-state index in [1.54, 1.807) is 5.01 Å². The van der Waals surface area contributed by atoms with Crippen molar-refractivity contribution in [1.82, 2.24) is 10.4 Å². The van der Waals surface area contributed by atoms with Gasteiger partial charge >= 0.3 is 0 Å². The zero-order valence-corrected chi connectivity index (χ0v) is 13.3. The second kappa shape index (κ2) is 13.9. The highest BCUT2D eigenvalue weighted by molar-refractivity contribution is 5.75. The smallest absolute Gasteiger partial charge is 0.234 e. The first-order valence-electron chi connectivity index (χ1n) is 8.13. The molecule has 0 aliphatic rings. The third-order valence-corrected chi connectivity index (χ3v) is 3.36. The normalized spacial score (nSPS) is 10.9. The van der Waals surface area contributed by atoms with Crippen LogP contribution in [0.3, 0.4) is 0 Å². The predicted molar refractivity (Wildman–Crippen MR) is 82.9 cm³/mol. The Hall–Kier alpha value is -0.570. The van der Waals surface area contributed by atoms with Gasteiger partial charge in [0.25, 0.3) is 0 Å². The van der Waals surface area contributed by atoms with E-state index in [1.165, 1.54) is 64.2 Å². The lowest BCUT2D eigenvalue weighted by Gasteiger charge is -2.11. The molecule has 3 nitrogen and oxygen atoms in total. The Morgan fingerprint density at radius 2 is 1.21 bits per heavy atom. The average Bonchev–Trinajstić information content (AvgIpc) is 2.35. The quantitative estimate of drug-likeness (QED) is 0.400. The molecule has 0 rings (SSSR count). The number of hydrogen-bond acceptors (Lipinski definition) is 2. The van der Waals surface area contributed by atoms with Gasteiger partial charge in [-0.15, -0.1) is 0 Å². The Labute approximate surface area is 120 Å². The largest absolute Gasteiger partial charge is 0.289 e. The molecule has 0 heterocycles. The van der Waals surface area contributed by atoms with Crippen LogP contribution in [0.2, 0.25) is 0 Å². The zero-order valence-electron chi connectivity index (χ0n) is 13.3. The van der Waals surface area contributed by atoms with E-state index < -0.39 is 0 Å². The van der Waals surface area contributed by atoms with E-state index in [0.29, 0.717) is 6.42 Å². The van der Waals surface area contributed by atoms with E-state index in [-0.39, 0.29) is 5.91 Å². The first-order chi connectivity index (χ1) is 9.16. The molecule has 0 spiro atoms. The molecular formula is C16H34N2O. The Morgan fingerprint density at radius 1 is 0.789 bits per heavy atom. The first-order valence-corrected chi connectivity index (χ1v) is 8.13. The number of nitrogens with one attached hydrogen (secondary N) is 1. The Morgan fingerprint density at radius 3 is 1.63 bits per heavy atom. The van der Waals surface area contributed by atoms with E-state index in [2.05, 4.69) is 12.3 Å². The van der Waals surface area contributed by atoms with Gasteiger partial charge in [-0.05, 0) is 6.42 Å². The minimum absolute atomic E-state index is 0.140. The second-order valence-corrected chi connectivity index (χ2v) is 5.71. The number of amides is 1. The molecule has 0 aromatic rings. The van der Waals surface area contributed by atoms with Crippen LogP contribution in [-0.4, -0.2) is 25.0 Å². The van der Waals surface area contributed by atoms with Crippen molar-refractivity contribution >= 4 is 5.91 Å². The predicted octanol–water partition coefficient (Wildman–Crippen LogP) is 4.28. The molecule has 0 fully saturated rings. The van der Waals surface area contributed by atoms with Gasteiger partial charge in [-0.1, -0.05) is 71.1 Å². The number of hydrazine groups is 1. The fraction of sp³-hybridized carbons (Fsp3) is 0.938. The van der Waals surface area contributed by atoms with Crippen LogP contribution in [0.25, 0.3) is 0 Å². The summed E-state index contributed by atoms with van der Waals surface area (Å²) in [5.74, 6) is 0.140. The molecule has 0 aromatic heterocycles. The van der Waals surface area contributed by atoms with Crippen molar-refractivity contribution in [2.45, 2.75) is 84.0 Å². The lowest BCUT2D eigenvalue weighted by molar-refractivity contribution is -0.124. The summed E-state index contributed by atoms with van der Waals surface area (Å²) in [6, 6.07) is 0. The third kappa shape index (κ3) is 15.4. The Bertz CT molecular complexity index is 205. The van der Waals surface area contributed by atoms with Crippen LogP contribution in [-0.2, 0) is 4.79 Å². The van der Waals surface area contributed by atoms with Crippen LogP contribution in [0.1, 0.15) is 84.0 Å². The van der Waals surface area contributed by atoms with Gasteiger partial charge in [0.05, 0.1) is 0 Å². The molecule has 114 valence electrons. The third-order valence-electron chi connectivity index (χ3n) is 3.36. The summed E-state index contributed by atoms with van der Waals surface area (Å²) in [6.07, 6.45) is 15.2. The monoisotopic (exact) mass is 270 g/mol. The summed E-state index contributed by atoms with van der Waals surface area (Å²) in [4.78, 5) is 11.4. The number of nitrogens with zero attached hydrogens (tertiary/aromatic N) is 1. The van der Waals surface area contributed by atoms with Crippen molar-refractivity contribution in [1.29, 1.82) is 0 Å². The molecule has 0 unspecified atom stereocenters. The molecule has 1 N–H and O–H groups in total. The summed E-state index contributed by atoms with van der Waals surface area (Å²) in [7, 11) is 3.69. The van der Waals surface area contributed by atoms with Gasteiger partial charge in [0.15, 0.2) is 0 Å². The van der Waals surface area contributed by atoms with Crippen LogP contribution in [0, 0.1) is 0 Å². The van der Waals surface area contributed by atoms with Gasteiger partial charge in [-0.2, -0.15) is 0 Å². The first kappa shape index (κ1) is 18.4. The Balaban J connectivity index is 3.08. The van der Waals surface area contributed by atoms with Crippen molar-refractivity contribution < 1.29 is 4.79 Å². The van der Waals surface area contributed by atoms with E-state index in [0.717, 1.165) is 6.42 Å². The summed E-state index contributed by atoms with van der Waals surface area (Å²) in [5.41, 5.74) is 2.77. The SMILES string of the molecule is CCCCCCCCCCCCCC(=O)NN(C)C. The molecule has 1 amide bonds. The number of carbonyl (C=O) groups excluding carboxylic acids is 1. The van der Waals surface area contributed by atoms with E-state index in [4.69, 9.17) is 0 Å². The van der Waals surface area contributed by atoms with E-state index >= 15 is 0 Å². The van der Waals surface area contributed by atoms with Crippen LogP contribution >= 0.6 is 0 Å². The summed E-state index contributed by atoms with van der Waals surface area (Å²) >= 11 is 0. The molecule has 0 saturated carbocycles. The van der Waals surface area contributed by atoms with Crippen molar-refractivity contribution in [2.24, 2.45) is 0 Å². The topological polar surface area (TPSA) is 32.3 Å². The average molecular weight is 270 g/mol. The molecule has 3 heteroatoms. The van der Waals surface area contributed by atoms with Gasteiger partial charge in [0.1, 0.15) is 0 Å². The fourth-order valence-electron chi connectivity index (χ4n) is 2.26. The van der Waals surface area contributed by atoms with Gasteiger partial charge < -0.3 is 0 Å². The maximum atomic E-state index is 11.4. The van der Waals surface area contributed by atoms with Crippen molar-refractivity contribution in [3.8, 4) is 0 Å². The highest BCUT2D eigenvalue weighted by atomic mass is 16.2. The van der Waals surface area contributed by atoms with Crippen LogP contribution < -0.4 is 5.43 Å². The highest BCUT2D eigenvalue weighted by Crippen LogP contribution is 2.11. The molecular weight excluding hydrogens is 236 g/mol.